The van der Waals surface area contributed by atoms with Crippen molar-refractivity contribution < 1.29 is 14.6 Å². The molecule has 24 heavy (non-hydrogen) atoms. The fourth-order valence-corrected chi connectivity index (χ4v) is 2.78. The molecule has 1 aliphatic rings. The monoisotopic (exact) mass is 334 g/mol. The van der Waals surface area contributed by atoms with Crippen LogP contribution in [0, 0.1) is 6.92 Å². The van der Waals surface area contributed by atoms with Crippen molar-refractivity contribution in [2.24, 2.45) is 0 Å². The Bertz CT molecular complexity index is 529. The van der Waals surface area contributed by atoms with Gasteiger partial charge in [-0.05, 0) is 46.1 Å². The second-order valence-corrected chi connectivity index (χ2v) is 7.58. The molecule has 1 aliphatic heterocycles. The summed E-state index contributed by atoms with van der Waals surface area (Å²) < 4.78 is 5.40. The maximum atomic E-state index is 12.0. The number of amides is 1. The summed E-state index contributed by atoms with van der Waals surface area (Å²) in [7, 11) is 0. The van der Waals surface area contributed by atoms with E-state index >= 15 is 0 Å². The predicted molar refractivity (Wildman–Crippen MR) is 95.0 cm³/mol. The first-order chi connectivity index (χ1) is 11.2. The third-order valence-corrected chi connectivity index (χ3v) is 4.21. The van der Waals surface area contributed by atoms with Crippen molar-refractivity contribution in [3.05, 3.63) is 35.4 Å². The first-order valence-corrected chi connectivity index (χ1v) is 8.70. The molecule has 0 aromatic heterocycles. The highest BCUT2D eigenvalue weighted by atomic mass is 16.6. The van der Waals surface area contributed by atoms with Crippen molar-refractivity contribution in [3.8, 4) is 0 Å². The molecule has 1 atom stereocenters. The summed E-state index contributed by atoms with van der Waals surface area (Å²) in [6.07, 6.45) is 1.01. The van der Waals surface area contributed by atoms with Crippen LogP contribution < -0.4 is 5.32 Å². The summed E-state index contributed by atoms with van der Waals surface area (Å²) >= 11 is 0. The number of likely N-dealkylation sites (tertiary alicyclic amines) is 1. The molecule has 0 bridgehead atoms. The number of piperidine rings is 1. The van der Waals surface area contributed by atoms with Crippen LogP contribution in [0.1, 0.15) is 50.8 Å². The smallest absolute Gasteiger partial charge is 0.410 e. The number of rotatable bonds is 4. The molecule has 1 fully saturated rings. The molecular formula is C19H30N2O3. The second kappa shape index (κ2) is 7.99. The number of hydrogen-bond acceptors (Lipinski definition) is 4. The van der Waals surface area contributed by atoms with Crippen LogP contribution in [0.15, 0.2) is 24.3 Å². The van der Waals surface area contributed by atoms with Gasteiger partial charge in [0.25, 0.3) is 0 Å². The van der Waals surface area contributed by atoms with E-state index < -0.39 is 11.7 Å². The van der Waals surface area contributed by atoms with Crippen molar-refractivity contribution in [2.75, 3.05) is 19.6 Å². The normalized spacial score (nSPS) is 17.6. The number of aliphatic hydroxyl groups excluding tert-OH is 1. The van der Waals surface area contributed by atoms with Gasteiger partial charge in [0.15, 0.2) is 0 Å². The molecule has 134 valence electrons. The Morgan fingerprint density at radius 1 is 1.29 bits per heavy atom. The highest BCUT2D eigenvalue weighted by Crippen LogP contribution is 2.17. The van der Waals surface area contributed by atoms with Gasteiger partial charge in [0.1, 0.15) is 5.60 Å². The van der Waals surface area contributed by atoms with E-state index in [4.69, 9.17) is 4.74 Å². The number of aryl methyl sites for hydroxylation is 1. The zero-order valence-corrected chi connectivity index (χ0v) is 15.2. The Kier molecular flexibility index (Phi) is 6.24. The third-order valence-electron chi connectivity index (χ3n) is 4.21. The minimum Gasteiger partial charge on any atom is -0.444 e. The molecule has 0 saturated carbocycles. The van der Waals surface area contributed by atoms with Crippen LogP contribution >= 0.6 is 0 Å². The third kappa shape index (κ3) is 5.80. The second-order valence-electron chi connectivity index (χ2n) is 7.58. The van der Waals surface area contributed by atoms with Gasteiger partial charge in [-0.2, -0.15) is 0 Å². The van der Waals surface area contributed by atoms with E-state index in [2.05, 4.69) is 5.32 Å². The van der Waals surface area contributed by atoms with E-state index in [-0.39, 0.29) is 6.09 Å². The summed E-state index contributed by atoms with van der Waals surface area (Å²) in [6, 6.07) is 8.28. The van der Waals surface area contributed by atoms with Crippen LogP contribution in [0.2, 0.25) is 0 Å². The zero-order chi connectivity index (χ0) is 17.7. The lowest BCUT2D eigenvalue weighted by atomic mass is 10.0. The predicted octanol–water partition coefficient (Wildman–Crippen LogP) is 3.02. The lowest BCUT2D eigenvalue weighted by Crippen LogP contribution is -2.47. The molecule has 2 N–H and O–H groups in total. The fourth-order valence-electron chi connectivity index (χ4n) is 2.78. The molecule has 5 nitrogen and oxygen atoms in total. The van der Waals surface area contributed by atoms with Crippen molar-refractivity contribution in [2.45, 2.75) is 58.3 Å². The summed E-state index contributed by atoms with van der Waals surface area (Å²) in [5.74, 6) is 0. The van der Waals surface area contributed by atoms with E-state index in [9.17, 15) is 9.90 Å². The average Bonchev–Trinajstić information content (AvgIpc) is 2.52. The summed E-state index contributed by atoms with van der Waals surface area (Å²) in [5, 5.41) is 13.7. The Labute approximate surface area is 145 Å². The molecule has 1 aromatic rings. The number of ether oxygens (including phenoxy) is 1. The number of nitrogens with zero attached hydrogens (tertiary/aromatic N) is 1. The highest BCUT2D eigenvalue weighted by molar-refractivity contribution is 5.68. The molecule has 0 spiro atoms. The van der Waals surface area contributed by atoms with Gasteiger partial charge in [0.2, 0.25) is 0 Å². The van der Waals surface area contributed by atoms with Gasteiger partial charge >= 0.3 is 6.09 Å². The van der Waals surface area contributed by atoms with Crippen LogP contribution in [0.4, 0.5) is 4.79 Å². The molecule has 0 aliphatic carbocycles. The van der Waals surface area contributed by atoms with Crippen LogP contribution in [0.25, 0.3) is 0 Å². The molecule has 5 heteroatoms. The van der Waals surface area contributed by atoms with Crippen LogP contribution in [0.5, 0.6) is 0 Å². The summed E-state index contributed by atoms with van der Waals surface area (Å²) in [6.45, 7) is 9.58. The summed E-state index contributed by atoms with van der Waals surface area (Å²) in [4.78, 5) is 13.8. The Balaban J connectivity index is 1.73. The van der Waals surface area contributed by atoms with Gasteiger partial charge in [-0.1, -0.05) is 29.8 Å². The largest absolute Gasteiger partial charge is 0.444 e. The van der Waals surface area contributed by atoms with E-state index in [0.717, 1.165) is 18.4 Å². The first-order valence-electron chi connectivity index (χ1n) is 8.70. The van der Waals surface area contributed by atoms with Gasteiger partial charge in [-0.25, -0.2) is 4.79 Å². The van der Waals surface area contributed by atoms with Crippen LogP contribution in [-0.4, -0.2) is 47.4 Å². The molecule has 1 unspecified atom stereocenters. The number of hydrogen-bond donors (Lipinski definition) is 2. The van der Waals surface area contributed by atoms with E-state index in [1.165, 1.54) is 5.56 Å². The number of benzene rings is 1. The van der Waals surface area contributed by atoms with Crippen molar-refractivity contribution in [3.63, 3.8) is 0 Å². The van der Waals surface area contributed by atoms with Gasteiger partial charge in [-0.3, -0.25) is 0 Å². The minimum atomic E-state index is -0.505. The van der Waals surface area contributed by atoms with Crippen LogP contribution in [-0.2, 0) is 4.74 Å². The van der Waals surface area contributed by atoms with Crippen molar-refractivity contribution >= 4 is 6.09 Å². The molecule has 1 heterocycles. The van der Waals surface area contributed by atoms with E-state index in [1.807, 2.05) is 52.0 Å². The minimum absolute atomic E-state index is 0.236. The lowest BCUT2D eigenvalue weighted by Gasteiger charge is -2.34. The van der Waals surface area contributed by atoms with Gasteiger partial charge < -0.3 is 20.1 Å². The summed E-state index contributed by atoms with van der Waals surface area (Å²) in [5.41, 5.74) is 1.66. The Hall–Kier alpha value is -1.59. The topological polar surface area (TPSA) is 61.8 Å². The zero-order valence-electron chi connectivity index (χ0n) is 15.2. The number of carbonyl (C=O) groups is 1. The van der Waals surface area contributed by atoms with Crippen LogP contribution in [0.3, 0.4) is 0 Å². The average molecular weight is 334 g/mol. The molecule has 2 rings (SSSR count). The number of carbonyl (C=O) groups excluding carboxylic acids is 1. The van der Waals surface area contributed by atoms with Crippen molar-refractivity contribution in [1.29, 1.82) is 0 Å². The molecular weight excluding hydrogens is 304 g/mol. The molecule has 0 radical (unpaired) electrons. The van der Waals surface area contributed by atoms with Crippen molar-refractivity contribution in [1.82, 2.24) is 10.2 Å². The maximum absolute atomic E-state index is 12.0. The number of aliphatic hydroxyl groups is 1. The standard InChI is InChI=1S/C19H30N2O3/c1-14-5-7-15(8-6-14)17(22)13-20-16-9-11-21(12-10-16)18(23)24-19(2,3)4/h5-8,16-17,20,22H,9-13H2,1-4H3. The van der Waals surface area contributed by atoms with E-state index in [1.54, 1.807) is 4.90 Å². The SMILES string of the molecule is Cc1ccc(C(O)CNC2CCN(C(=O)OC(C)(C)C)CC2)cc1. The quantitative estimate of drug-likeness (QED) is 0.888. The molecule has 1 saturated heterocycles. The Morgan fingerprint density at radius 3 is 2.42 bits per heavy atom. The molecule has 1 aromatic carbocycles. The van der Waals surface area contributed by atoms with E-state index in [0.29, 0.717) is 25.7 Å². The highest BCUT2D eigenvalue weighted by Gasteiger charge is 2.26. The van der Waals surface area contributed by atoms with Gasteiger partial charge in [-0.15, -0.1) is 0 Å². The van der Waals surface area contributed by atoms with Gasteiger partial charge in [0, 0.05) is 25.7 Å². The van der Waals surface area contributed by atoms with Gasteiger partial charge in [0.05, 0.1) is 6.10 Å². The fraction of sp³-hybridized carbons (Fsp3) is 0.632. The maximum Gasteiger partial charge on any atom is 0.410 e. The lowest BCUT2D eigenvalue weighted by molar-refractivity contribution is 0.0194. The Morgan fingerprint density at radius 2 is 1.88 bits per heavy atom. The first kappa shape index (κ1) is 18.7. The number of nitrogens with one attached hydrogen (secondary N) is 1. The molecule has 1 amide bonds.